The van der Waals surface area contributed by atoms with E-state index in [1.54, 1.807) is 0 Å². The van der Waals surface area contributed by atoms with Gasteiger partial charge in [0, 0.05) is 13.1 Å². The topological polar surface area (TPSA) is 108 Å². The first-order valence-electron chi connectivity index (χ1n) is 5.79. The molecular formula is C11H17N5O2. The third kappa shape index (κ3) is 2.08. The van der Waals surface area contributed by atoms with Crippen molar-refractivity contribution in [3.8, 4) is 0 Å². The van der Waals surface area contributed by atoms with E-state index in [1.165, 1.54) is 0 Å². The van der Waals surface area contributed by atoms with Gasteiger partial charge in [-0.15, -0.1) is 5.10 Å². The summed E-state index contributed by atoms with van der Waals surface area (Å²) in [6.45, 7) is 4.85. The summed E-state index contributed by atoms with van der Waals surface area (Å²) in [7, 11) is 0. The maximum Gasteiger partial charge on any atom is 0.174 e. The first-order valence-corrected chi connectivity index (χ1v) is 5.79. The smallest absolute Gasteiger partial charge is 0.174 e. The number of aliphatic hydroxyl groups excluding tert-OH is 1. The fraction of sp³-hybridized carbons (Fsp3) is 0.545. The Balaban J connectivity index is 2.50. The third-order valence-corrected chi connectivity index (χ3v) is 3.26. The highest BCUT2D eigenvalue weighted by Crippen LogP contribution is 2.25. The van der Waals surface area contributed by atoms with Crippen LogP contribution in [0.1, 0.15) is 23.2 Å². The number of amidine groups is 1. The van der Waals surface area contributed by atoms with E-state index < -0.39 is 0 Å². The van der Waals surface area contributed by atoms with Crippen molar-refractivity contribution >= 4 is 11.7 Å². The first kappa shape index (κ1) is 12.6. The van der Waals surface area contributed by atoms with E-state index in [4.69, 9.17) is 10.9 Å². The summed E-state index contributed by atoms with van der Waals surface area (Å²) in [6.07, 6.45) is 0.318. The molecule has 7 nitrogen and oxygen atoms in total. The van der Waals surface area contributed by atoms with Crippen LogP contribution in [0.2, 0.25) is 0 Å². The second kappa shape index (κ2) is 4.77. The molecule has 1 aliphatic rings. The van der Waals surface area contributed by atoms with E-state index >= 15 is 0 Å². The molecule has 7 heteroatoms. The summed E-state index contributed by atoms with van der Waals surface area (Å²) in [5, 5.41) is 29.7. The Hall–Kier alpha value is -1.89. The number of anilines is 1. The molecule has 0 spiro atoms. The molecule has 2 rings (SSSR count). The monoisotopic (exact) mass is 251 g/mol. The van der Waals surface area contributed by atoms with Gasteiger partial charge in [0.15, 0.2) is 11.7 Å². The lowest BCUT2D eigenvalue weighted by Crippen LogP contribution is -2.28. The van der Waals surface area contributed by atoms with Gasteiger partial charge in [0.2, 0.25) is 0 Å². The standard InChI is InChI=1S/C11H17N5O2/c1-6-7(2)13-14-11(9(6)10(12)15-18)16-4-3-8(17)5-16/h8,17-18H,3-5H2,1-2H3,(H2,12,15). The van der Waals surface area contributed by atoms with Crippen LogP contribution in [0, 0.1) is 13.8 Å². The van der Waals surface area contributed by atoms with Gasteiger partial charge < -0.3 is 20.9 Å². The van der Waals surface area contributed by atoms with Crippen LogP contribution in [0.15, 0.2) is 5.16 Å². The van der Waals surface area contributed by atoms with E-state index in [-0.39, 0.29) is 11.9 Å². The largest absolute Gasteiger partial charge is 0.409 e. The maximum atomic E-state index is 9.57. The molecule has 98 valence electrons. The van der Waals surface area contributed by atoms with Crippen molar-refractivity contribution in [2.45, 2.75) is 26.4 Å². The number of hydrogen-bond donors (Lipinski definition) is 3. The molecule has 1 saturated heterocycles. The average Bonchev–Trinajstić information content (AvgIpc) is 2.78. The Morgan fingerprint density at radius 1 is 1.44 bits per heavy atom. The highest BCUT2D eigenvalue weighted by atomic mass is 16.4. The van der Waals surface area contributed by atoms with Crippen molar-refractivity contribution in [1.29, 1.82) is 0 Å². The Bertz CT molecular complexity index is 489. The van der Waals surface area contributed by atoms with Crippen molar-refractivity contribution < 1.29 is 10.3 Å². The van der Waals surface area contributed by atoms with Crippen LogP contribution in [0.5, 0.6) is 0 Å². The van der Waals surface area contributed by atoms with E-state index in [0.29, 0.717) is 30.9 Å². The summed E-state index contributed by atoms with van der Waals surface area (Å²) >= 11 is 0. The molecule has 1 atom stereocenters. The summed E-state index contributed by atoms with van der Waals surface area (Å²) < 4.78 is 0. The second-order valence-electron chi connectivity index (χ2n) is 4.48. The minimum atomic E-state index is -0.367. The van der Waals surface area contributed by atoms with Crippen LogP contribution in [0.4, 0.5) is 5.82 Å². The molecule has 0 radical (unpaired) electrons. The third-order valence-electron chi connectivity index (χ3n) is 3.26. The molecule has 1 aliphatic heterocycles. The quantitative estimate of drug-likeness (QED) is 0.290. The molecular weight excluding hydrogens is 234 g/mol. The molecule has 4 N–H and O–H groups in total. The van der Waals surface area contributed by atoms with E-state index in [2.05, 4.69) is 15.4 Å². The predicted octanol–water partition coefficient (Wildman–Crippen LogP) is -0.241. The van der Waals surface area contributed by atoms with Crippen LogP contribution < -0.4 is 10.6 Å². The lowest BCUT2D eigenvalue weighted by Gasteiger charge is -2.20. The lowest BCUT2D eigenvalue weighted by molar-refractivity contribution is 0.198. The van der Waals surface area contributed by atoms with Crippen molar-refractivity contribution in [2.24, 2.45) is 10.9 Å². The zero-order valence-corrected chi connectivity index (χ0v) is 10.5. The zero-order chi connectivity index (χ0) is 13.3. The van der Waals surface area contributed by atoms with Gasteiger partial charge in [-0.1, -0.05) is 5.16 Å². The molecule has 1 aromatic heterocycles. The highest BCUT2D eigenvalue weighted by molar-refractivity contribution is 6.02. The normalized spacial score (nSPS) is 20.5. The molecule has 2 heterocycles. The summed E-state index contributed by atoms with van der Waals surface area (Å²) in [6, 6.07) is 0. The summed E-state index contributed by atoms with van der Waals surface area (Å²) in [5.41, 5.74) is 7.86. The molecule has 0 aromatic carbocycles. The van der Waals surface area contributed by atoms with Crippen LogP contribution in [0.25, 0.3) is 0 Å². The second-order valence-corrected chi connectivity index (χ2v) is 4.48. The van der Waals surface area contributed by atoms with Crippen LogP contribution >= 0.6 is 0 Å². The van der Waals surface area contributed by atoms with Crippen LogP contribution in [0.3, 0.4) is 0 Å². The Morgan fingerprint density at radius 3 is 2.72 bits per heavy atom. The zero-order valence-electron chi connectivity index (χ0n) is 10.5. The van der Waals surface area contributed by atoms with Crippen molar-refractivity contribution in [2.75, 3.05) is 18.0 Å². The predicted molar refractivity (Wildman–Crippen MR) is 66.9 cm³/mol. The number of hydrogen-bond acceptors (Lipinski definition) is 6. The summed E-state index contributed by atoms with van der Waals surface area (Å²) in [5.74, 6) is 0.576. The Kier molecular flexibility index (Phi) is 3.33. The van der Waals surface area contributed by atoms with Gasteiger partial charge in [0.05, 0.1) is 17.4 Å². The highest BCUT2D eigenvalue weighted by Gasteiger charge is 2.26. The van der Waals surface area contributed by atoms with E-state index in [0.717, 1.165) is 11.3 Å². The maximum absolute atomic E-state index is 9.57. The summed E-state index contributed by atoms with van der Waals surface area (Å²) in [4.78, 5) is 1.90. The van der Waals surface area contributed by atoms with E-state index in [1.807, 2.05) is 18.7 Å². The fourth-order valence-electron chi connectivity index (χ4n) is 2.11. The number of aromatic nitrogens is 2. The lowest BCUT2D eigenvalue weighted by atomic mass is 10.1. The Morgan fingerprint density at radius 2 is 2.17 bits per heavy atom. The number of aliphatic hydroxyl groups is 1. The number of rotatable bonds is 2. The van der Waals surface area contributed by atoms with Gasteiger partial charge in [-0.2, -0.15) is 5.10 Å². The van der Waals surface area contributed by atoms with Gasteiger partial charge in [-0.05, 0) is 25.8 Å². The number of oxime groups is 1. The van der Waals surface area contributed by atoms with Crippen molar-refractivity contribution in [3.05, 3.63) is 16.8 Å². The minimum absolute atomic E-state index is 0.0156. The molecule has 18 heavy (non-hydrogen) atoms. The molecule has 0 bridgehead atoms. The number of aryl methyl sites for hydroxylation is 1. The van der Waals surface area contributed by atoms with Gasteiger partial charge in [0.1, 0.15) is 0 Å². The van der Waals surface area contributed by atoms with Gasteiger partial charge >= 0.3 is 0 Å². The minimum Gasteiger partial charge on any atom is -0.409 e. The molecule has 1 unspecified atom stereocenters. The molecule has 0 amide bonds. The number of nitrogens with zero attached hydrogens (tertiary/aromatic N) is 4. The first-order chi connectivity index (χ1) is 8.54. The average molecular weight is 251 g/mol. The Labute approximate surface area is 105 Å². The van der Waals surface area contributed by atoms with E-state index in [9.17, 15) is 5.11 Å². The van der Waals surface area contributed by atoms with Gasteiger partial charge in [-0.3, -0.25) is 0 Å². The SMILES string of the molecule is Cc1nnc(N2CCC(O)C2)c(C(N)=NO)c1C. The van der Waals surface area contributed by atoms with Gasteiger partial charge in [-0.25, -0.2) is 0 Å². The van der Waals surface area contributed by atoms with Crippen LogP contribution in [-0.4, -0.2) is 45.5 Å². The molecule has 0 saturated carbocycles. The van der Waals surface area contributed by atoms with Crippen LogP contribution in [-0.2, 0) is 0 Å². The van der Waals surface area contributed by atoms with Gasteiger partial charge in [0.25, 0.3) is 0 Å². The molecule has 0 aliphatic carbocycles. The molecule has 1 aromatic rings. The van der Waals surface area contributed by atoms with Crippen molar-refractivity contribution in [3.63, 3.8) is 0 Å². The number of β-amino-alcohol motifs (C(OH)–C–C–N with tert-alkyl or cyclic N) is 1. The number of nitrogens with two attached hydrogens (primary N) is 1. The fourth-order valence-corrected chi connectivity index (χ4v) is 2.11. The van der Waals surface area contributed by atoms with Crippen molar-refractivity contribution in [1.82, 2.24) is 10.2 Å². The molecule has 1 fully saturated rings.